The number of anilines is 1. The van der Waals surface area contributed by atoms with Gasteiger partial charge in [0.15, 0.2) is 11.0 Å². The third-order valence-corrected chi connectivity index (χ3v) is 9.29. The number of hydrogen-bond donors (Lipinski definition) is 3. The van der Waals surface area contributed by atoms with Gasteiger partial charge in [0.1, 0.15) is 5.00 Å². The minimum atomic E-state index is -0.372. The summed E-state index contributed by atoms with van der Waals surface area (Å²) in [5.74, 6) is 0.158. The van der Waals surface area contributed by atoms with Crippen LogP contribution in [-0.4, -0.2) is 38.2 Å². The quantitative estimate of drug-likeness (QED) is 0.198. The lowest BCUT2D eigenvalue weighted by Gasteiger charge is -2.15. The van der Waals surface area contributed by atoms with Crippen molar-refractivity contribution in [2.75, 3.05) is 11.1 Å². The minimum absolute atomic E-state index is 0.108. The second-order valence-electron chi connectivity index (χ2n) is 10.1. The van der Waals surface area contributed by atoms with Crippen LogP contribution < -0.4 is 16.0 Å². The molecule has 0 bridgehead atoms. The average molecular weight is 603 g/mol. The fourth-order valence-electron chi connectivity index (χ4n) is 5.01. The monoisotopic (exact) mass is 602 g/mol. The van der Waals surface area contributed by atoms with Crippen LogP contribution in [0.4, 0.5) is 5.00 Å². The van der Waals surface area contributed by atoms with Crippen molar-refractivity contribution in [3.05, 3.63) is 93.6 Å². The largest absolute Gasteiger partial charge is 0.348 e. The fraction of sp³-hybridized carbons (Fsp3) is 0.323. The van der Waals surface area contributed by atoms with E-state index in [1.165, 1.54) is 28.0 Å². The van der Waals surface area contributed by atoms with Crippen molar-refractivity contribution in [1.29, 1.82) is 0 Å². The first-order valence-corrected chi connectivity index (χ1v) is 15.9. The van der Waals surface area contributed by atoms with Crippen molar-refractivity contribution in [3.63, 3.8) is 0 Å². The van der Waals surface area contributed by atoms with Crippen LogP contribution in [-0.2, 0) is 30.7 Å². The molecular formula is C31H34N6O3S2. The molecule has 0 aliphatic heterocycles. The van der Waals surface area contributed by atoms with E-state index in [4.69, 9.17) is 0 Å². The van der Waals surface area contributed by atoms with E-state index >= 15 is 0 Å². The molecule has 1 atom stereocenters. The highest BCUT2D eigenvalue weighted by Crippen LogP contribution is 2.38. The standard InChI is InChI=1S/C31H34N6O3S2/c1-3-37-27(20(2)33-28(39)22-14-8-5-9-15-22)35-36-31(37)41-19-25(38)34-30-26(23-16-10-11-17-24(23)42-30)29(40)32-18-21-12-6-4-7-13-21/h4-9,12-15,20H,3,10-11,16-19H2,1-2H3,(H,32,40)(H,33,39)(H,34,38)/t20-/m1/s1. The summed E-state index contributed by atoms with van der Waals surface area (Å²) in [7, 11) is 0. The maximum Gasteiger partial charge on any atom is 0.254 e. The van der Waals surface area contributed by atoms with E-state index in [0.29, 0.717) is 40.2 Å². The number of aryl methyl sites for hydroxylation is 1. The number of aromatic nitrogens is 3. The van der Waals surface area contributed by atoms with Gasteiger partial charge in [0.2, 0.25) is 5.91 Å². The average Bonchev–Trinajstić information content (AvgIpc) is 3.60. The Bertz CT molecular complexity index is 1550. The van der Waals surface area contributed by atoms with Gasteiger partial charge in [0.05, 0.1) is 17.4 Å². The van der Waals surface area contributed by atoms with Crippen molar-refractivity contribution in [1.82, 2.24) is 25.4 Å². The van der Waals surface area contributed by atoms with Gasteiger partial charge in [-0.1, -0.05) is 60.3 Å². The summed E-state index contributed by atoms with van der Waals surface area (Å²) in [4.78, 5) is 40.3. The molecule has 0 fully saturated rings. The molecular weight excluding hydrogens is 569 g/mol. The van der Waals surface area contributed by atoms with Gasteiger partial charge >= 0.3 is 0 Å². The molecule has 2 heterocycles. The van der Waals surface area contributed by atoms with Gasteiger partial charge in [-0.3, -0.25) is 14.4 Å². The third kappa shape index (κ3) is 6.91. The molecule has 1 aliphatic carbocycles. The van der Waals surface area contributed by atoms with Crippen LogP contribution in [0.5, 0.6) is 0 Å². The van der Waals surface area contributed by atoms with Gasteiger partial charge in [0.25, 0.3) is 11.8 Å². The van der Waals surface area contributed by atoms with Crippen molar-refractivity contribution in [3.8, 4) is 0 Å². The van der Waals surface area contributed by atoms with Crippen LogP contribution in [0.25, 0.3) is 0 Å². The Morgan fingerprint density at radius 1 is 0.976 bits per heavy atom. The van der Waals surface area contributed by atoms with Crippen LogP contribution in [0.3, 0.4) is 0 Å². The molecule has 2 aromatic heterocycles. The summed E-state index contributed by atoms with van der Waals surface area (Å²) in [5, 5.41) is 18.8. The number of carbonyl (C=O) groups excluding carboxylic acids is 3. The number of amides is 3. The van der Waals surface area contributed by atoms with E-state index in [1.54, 1.807) is 12.1 Å². The molecule has 1 aliphatic rings. The Kier molecular flexibility index (Phi) is 9.70. The number of hydrogen-bond acceptors (Lipinski definition) is 7. The SMILES string of the molecule is CCn1c(SCC(=O)Nc2sc3c(c2C(=O)NCc2ccccc2)CCCC3)nnc1[C@@H](C)NC(=O)c1ccccc1. The van der Waals surface area contributed by atoms with E-state index in [9.17, 15) is 14.4 Å². The Hall–Kier alpha value is -3.96. The summed E-state index contributed by atoms with van der Waals surface area (Å²) >= 11 is 2.78. The van der Waals surface area contributed by atoms with Crippen LogP contribution in [0.2, 0.25) is 0 Å². The summed E-state index contributed by atoms with van der Waals surface area (Å²) < 4.78 is 1.90. The van der Waals surface area contributed by atoms with Gasteiger partial charge in [-0.05, 0) is 62.8 Å². The summed E-state index contributed by atoms with van der Waals surface area (Å²) in [6, 6.07) is 18.4. The molecule has 0 unspecified atom stereocenters. The Morgan fingerprint density at radius 2 is 1.69 bits per heavy atom. The van der Waals surface area contributed by atoms with Gasteiger partial charge in [-0.2, -0.15) is 0 Å². The lowest BCUT2D eigenvalue weighted by atomic mass is 9.95. The van der Waals surface area contributed by atoms with Crippen molar-refractivity contribution in [2.45, 2.75) is 63.8 Å². The van der Waals surface area contributed by atoms with Crippen LogP contribution in [0.15, 0.2) is 65.8 Å². The van der Waals surface area contributed by atoms with E-state index in [2.05, 4.69) is 26.1 Å². The number of thiophene rings is 1. The fourth-order valence-corrected chi connectivity index (χ4v) is 7.12. The van der Waals surface area contributed by atoms with E-state index in [-0.39, 0.29) is 29.5 Å². The van der Waals surface area contributed by atoms with Gasteiger partial charge in [-0.25, -0.2) is 0 Å². The molecule has 3 N–H and O–H groups in total. The molecule has 9 nitrogen and oxygen atoms in total. The first-order chi connectivity index (χ1) is 20.4. The maximum atomic E-state index is 13.3. The Balaban J connectivity index is 1.24. The normalized spacial score (nSPS) is 13.2. The van der Waals surface area contributed by atoms with Crippen molar-refractivity contribution < 1.29 is 14.4 Å². The highest BCUT2D eigenvalue weighted by molar-refractivity contribution is 7.99. The number of benzene rings is 2. The molecule has 42 heavy (non-hydrogen) atoms. The predicted molar refractivity (Wildman–Crippen MR) is 166 cm³/mol. The van der Waals surface area contributed by atoms with Gasteiger partial charge in [-0.15, -0.1) is 21.5 Å². The van der Waals surface area contributed by atoms with Crippen LogP contribution in [0.1, 0.15) is 75.3 Å². The first kappa shape index (κ1) is 29.5. The number of carbonyl (C=O) groups is 3. The topological polar surface area (TPSA) is 118 Å². The van der Waals surface area contributed by atoms with Gasteiger partial charge < -0.3 is 20.5 Å². The number of fused-ring (bicyclic) bond motifs is 1. The summed E-state index contributed by atoms with van der Waals surface area (Å²) in [5.41, 5.74) is 3.24. The van der Waals surface area contributed by atoms with Crippen LogP contribution in [0, 0.1) is 0 Å². The summed E-state index contributed by atoms with van der Waals surface area (Å²) in [6.07, 6.45) is 3.88. The van der Waals surface area contributed by atoms with Crippen molar-refractivity contribution in [2.24, 2.45) is 0 Å². The minimum Gasteiger partial charge on any atom is -0.348 e. The highest BCUT2D eigenvalue weighted by Gasteiger charge is 2.27. The smallest absolute Gasteiger partial charge is 0.254 e. The molecule has 3 amide bonds. The van der Waals surface area contributed by atoms with Gasteiger partial charge in [0, 0.05) is 23.5 Å². The second-order valence-corrected chi connectivity index (χ2v) is 12.1. The van der Waals surface area contributed by atoms with E-state index in [1.807, 2.05) is 66.9 Å². The Morgan fingerprint density at radius 3 is 2.43 bits per heavy atom. The zero-order chi connectivity index (χ0) is 29.5. The number of nitrogens with zero attached hydrogens (tertiary/aromatic N) is 3. The second kappa shape index (κ2) is 13.8. The maximum absolute atomic E-state index is 13.3. The lowest BCUT2D eigenvalue weighted by Crippen LogP contribution is -2.28. The molecule has 0 radical (unpaired) electrons. The lowest BCUT2D eigenvalue weighted by molar-refractivity contribution is -0.113. The van der Waals surface area contributed by atoms with E-state index < -0.39 is 0 Å². The molecule has 218 valence electrons. The number of rotatable bonds is 11. The summed E-state index contributed by atoms with van der Waals surface area (Å²) in [6.45, 7) is 4.84. The van der Waals surface area contributed by atoms with Crippen LogP contribution >= 0.6 is 23.1 Å². The molecule has 11 heteroatoms. The number of thioether (sulfide) groups is 1. The number of nitrogens with one attached hydrogen (secondary N) is 3. The predicted octanol–water partition coefficient (Wildman–Crippen LogP) is 5.39. The molecule has 0 saturated heterocycles. The Labute approximate surface area is 253 Å². The third-order valence-electron chi connectivity index (χ3n) is 7.11. The van der Waals surface area contributed by atoms with E-state index in [0.717, 1.165) is 36.8 Å². The molecule has 0 spiro atoms. The molecule has 4 aromatic rings. The molecule has 0 saturated carbocycles. The first-order valence-electron chi connectivity index (χ1n) is 14.1. The van der Waals surface area contributed by atoms with Crippen molar-refractivity contribution >= 4 is 45.8 Å². The zero-order valence-corrected chi connectivity index (χ0v) is 25.3. The zero-order valence-electron chi connectivity index (χ0n) is 23.7. The molecule has 2 aromatic carbocycles. The molecule has 5 rings (SSSR count). The highest BCUT2D eigenvalue weighted by atomic mass is 32.2.